The summed E-state index contributed by atoms with van der Waals surface area (Å²) in [5.74, 6) is 4.68. The third-order valence-corrected chi connectivity index (χ3v) is 67.5. The van der Waals surface area contributed by atoms with E-state index < -0.39 is 0 Å². The first kappa shape index (κ1) is 4.49. The maximum absolute atomic E-state index is 2.34. The van der Waals surface area contributed by atoms with Crippen LogP contribution in [0.15, 0.2) is 0 Å². The van der Waals surface area contributed by atoms with Gasteiger partial charge in [0.25, 0.3) is 0 Å². The van der Waals surface area contributed by atoms with Crippen LogP contribution in [-0.2, 0) is 0 Å². The van der Waals surface area contributed by atoms with E-state index in [0.717, 1.165) is 0 Å². The molecule has 0 aromatic carbocycles. The molecule has 1 aliphatic heterocycles. The van der Waals surface area contributed by atoms with Crippen LogP contribution in [-0.4, -0.2) is 37.6 Å². The van der Waals surface area contributed by atoms with Crippen molar-refractivity contribution in [3.05, 3.63) is 0 Å². The van der Waals surface area contributed by atoms with Crippen molar-refractivity contribution >= 4 is 49.5 Å². The Labute approximate surface area is 48.5 Å². The van der Waals surface area contributed by atoms with Crippen LogP contribution in [0.25, 0.3) is 0 Å². The van der Waals surface area contributed by atoms with Gasteiger partial charge in [-0.05, 0) is 0 Å². The van der Waals surface area contributed by atoms with Gasteiger partial charge < -0.3 is 0 Å². The third kappa shape index (κ3) is 1.20. The van der Waals surface area contributed by atoms with E-state index in [0.29, 0.717) is 37.6 Å². The second-order valence-electron chi connectivity index (χ2n) is 0.371. The van der Waals surface area contributed by atoms with Crippen molar-refractivity contribution in [2.75, 3.05) is 0 Å². The van der Waals surface area contributed by atoms with Crippen LogP contribution in [0.1, 0.15) is 0 Å². The summed E-state index contributed by atoms with van der Waals surface area (Å²) in [5.41, 5.74) is 0. The zero-order valence-electron chi connectivity index (χ0n) is 1.82. The predicted octanol–water partition coefficient (Wildman–Crippen LogP) is -0.000600. The van der Waals surface area contributed by atoms with Crippen molar-refractivity contribution in [3.63, 3.8) is 0 Å². The van der Waals surface area contributed by atoms with Crippen LogP contribution in [0, 0.1) is 0 Å². The van der Waals surface area contributed by atoms with E-state index in [1.54, 1.807) is 0 Å². The van der Waals surface area contributed by atoms with Gasteiger partial charge in [0.1, 0.15) is 0 Å². The Morgan fingerprint density at radius 3 is 1.25 bits per heavy atom. The van der Waals surface area contributed by atoms with E-state index in [4.69, 9.17) is 0 Å². The average molecular weight is 310 g/mol. The monoisotopic (exact) mass is 308 g/mol. The number of hydrogen-bond acceptors (Lipinski definition) is 2. The van der Waals surface area contributed by atoms with Gasteiger partial charge in [-0.3, -0.25) is 0 Å². The first-order valence-electron chi connectivity index (χ1n) is 0.816. The fraction of sp³-hybridized carbons (Fsp3) is 0. The van der Waals surface area contributed by atoms with Crippen molar-refractivity contribution in [1.82, 2.24) is 0 Å². The van der Waals surface area contributed by atoms with Crippen molar-refractivity contribution < 1.29 is 0 Å². The van der Waals surface area contributed by atoms with Crippen LogP contribution in [0.2, 0.25) is 0 Å². The summed E-state index contributed by atoms with van der Waals surface area (Å²) in [5, 5.41) is 0. The van der Waals surface area contributed by atoms with E-state index in [1.807, 2.05) is 0 Å². The van der Waals surface area contributed by atoms with Crippen molar-refractivity contribution in [2.24, 2.45) is 0 Å². The van der Waals surface area contributed by atoms with Crippen molar-refractivity contribution in [3.8, 4) is 0 Å². The topological polar surface area (TPSA) is 0 Å². The molecule has 0 nitrogen and oxygen atoms in total. The molecule has 24 valence electrons. The van der Waals surface area contributed by atoms with Gasteiger partial charge in [0.05, 0.1) is 0 Å². The first-order chi connectivity index (χ1) is 2.00. The summed E-state index contributed by atoms with van der Waals surface area (Å²) >= 11 is 0.627. The second kappa shape index (κ2) is 2.50. The minimum atomic E-state index is 0.313. The zero-order chi connectivity index (χ0) is 2.83. The van der Waals surface area contributed by atoms with E-state index in [-0.39, 0.29) is 0 Å². The molecule has 0 unspecified atom stereocenters. The second-order valence-corrected chi connectivity index (χ2v) is 37.6. The molecule has 1 rings (SSSR count). The quantitative estimate of drug-likeness (QED) is 0.578. The fourth-order valence-electron chi connectivity index (χ4n) is 0.0417. The van der Waals surface area contributed by atoms with E-state index in [9.17, 15) is 0 Å². The molecule has 0 radical (unpaired) electrons. The Morgan fingerprint density at radius 1 is 1.00 bits per heavy atom. The summed E-state index contributed by atoms with van der Waals surface area (Å²) in [4.78, 5) is 0. The van der Waals surface area contributed by atoms with Crippen LogP contribution in [0.4, 0.5) is 0 Å². The zero-order valence-corrected chi connectivity index (χ0v) is 9.16. The predicted molar refractivity (Wildman–Crippen MR) is 29.5 cm³/mol. The average Bonchev–Trinajstić information content (AvgIpc) is 0.722. The number of rotatable bonds is 0. The van der Waals surface area contributed by atoms with Gasteiger partial charge in [0.15, 0.2) is 0 Å². The van der Waals surface area contributed by atoms with Gasteiger partial charge in [0.2, 0.25) is 0 Å². The van der Waals surface area contributed by atoms with E-state index in [1.165, 1.54) is 0 Å². The van der Waals surface area contributed by atoms with Crippen LogP contribution in [0.5, 0.6) is 0 Å². The SMILES string of the molecule is [S]1[SbH][S][SbH]1. The third-order valence-electron chi connectivity index (χ3n) is 0.167. The molecule has 0 aliphatic carbocycles. The van der Waals surface area contributed by atoms with E-state index in [2.05, 4.69) is 11.9 Å². The molecule has 0 atom stereocenters. The summed E-state index contributed by atoms with van der Waals surface area (Å²) in [7, 11) is 0. The Morgan fingerprint density at radius 2 is 1.25 bits per heavy atom. The van der Waals surface area contributed by atoms with Gasteiger partial charge in [0, 0.05) is 0 Å². The summed E-state index contributed by atoms with van der Waals surface area (Å²) < 4.78 is 0. The molecule has 1 heterocycles. The normalized spacial score (nSPS) is 24.0. The summed E-state index contributed by atoms with van der Waals surface area (Å²) in [6.45, 7) is 0. The molecule has 0 aromatic heterocycles. The molecule has 0 saturated carbocycles. The molecule has 0 amide bonds. The number of hydrogen-bond donors (Lipinski definition) is 0. The molecule has 4 heavy (non-hydrogen) atoms. The van der Waals surface area contributed by atoms with Gasteiger partial charge in [-0.25, -0.2) is 0 Å². The standard InChI is InChI=1S/2S.2Sb.2H. The Bertz CT molecular complexity index is 12.0. The molecular formula is H2S2Sb2. The Hall–Kier alpha value is 2.34. The molecule has 1 saturated heterocycles. The van der Waals surface area contributed by atoms with Crippen molar-refractivity contribution in [1.29, 1.82) is 0 Å². The van der Waals surface area contributed by atoms with Crippen molar-refractivity contribution in [2.45, 2.75) is 0 Å². The van der Waals surface area contributed by atoms with Gasteiger partial charge in [-0.2, -0.15) is 0 Å². The summed E-state index contributed by atoms with van der Waals surface area (Å²) in [6.07, 6.45) is 0. The molecule has 0 spiro atoms. The summed E-state index contributed by atoms with van der Waals surface area (Å²) in [6, 6.07) is 0. The minimum absolute atomic E-state index is 0.313. The molecular weight excluding hydrogens is 308 g/mol. The molecule has 1 aliphatic rings. The first-order valence-corrected chi connectivity index (χ1v) is 16.4. The van der Waals surface area contributed by atoms with Crippen LogP contribution in [0.3, 0.4) is 0 Å². The Balaban J connectivity index is 2.00. The molecule has 1 fully saturated rings. The fourth-order valence-corrected chi connectivity index (χ4v) is 16.9. The molecule has 4 heteroatoms. The maximum atomic E-state index is 2.34. The molecule has 0 bridgehead atoms. The van der Waals surface area contributed by atoms with E-state index >= 15 is 0 Å². The molecule has 0 N–H and O–H groups in total. The molecule has 0 aromatic rings. The van der Waals surface area contributed by atoms with Gasteiger partial charge in [-0.15, -0.1) is 0 Å². The van der Waals surface area contributed by atoms with Gasteiger partial charge in [-0.1, -0.05) is 0 Å². The Kier molecular flexibility index (Phi) is 2.81. The van der Waals surface area contributed by atoms with Crippen LogP contribution < -0.4 is 0 Å². The van der Waals surface area contributed by atoms with Crippen LogP contribution >= 0.6 is 11.9 Å². The van der Waals surface area contributed by atoms with Gasteiger partial charge >= 0.3 is 49.5 Å².